The summed E-state index contributed by atoms with van der Waals surface area (Å²) in [5, 5.41) is 0. The van der Waals surface area contributed by atoms with Gasteiger partial charge in [-0.3, -0.25) is 9.78 Å². The van der Waals surface area contributed by atoms with Crippen LogP contribution in [0.3, 0.4) is 0 Å². The average molecular weight is 252 g/mol. The zero-order valence-corrected chi connectivity index (χ0v) is 11.5. The Hall–Kier alpha value is -1.29. The van der Waals surface area contributed by atoms with Crippen LogP contribution in [0.1, 0.15) is 37.7 Å². The van der Waals surface area contributed by atoms with Gasteiger partial charge in [0.05, 0.1) is 6.20 Å². The molecule has 0 aromatic carbocycles. The first-order chi connectivity index (χ1) is 8.28. The third kappa shape index (κ3) is 5.36. The van der Waals surface area contributed by atoms with Crippen LogP contribution in [0.15, 0.2) is 18.3 Å². The number of hydrogen-bond acceptors (Lipinski definition) is 3. The number of nitrogens with zero attached hydrogens (tertiary/aromatic N) is 2. The van der Waals surface area contributed by atoms with E-state index in [-0.39, 0.29) is 11.2 Å². The number of carbonyl (C=O) groups is 1. The second-order valence-corrected chi connectivity index (χ2v) is 5.83. The molecule has 0 amide bonds. The van der Waals surface area contributed by atoms with E-state index in [2.05, 4.69) is 30.7 Å². The minimum absolute atomic E-state index is 0.0456. The summed E-state index contributed by atoms with van der Waals surface area (Å²) in [4.78, 5) is 17.7. The Morgan fingerprint density at radius 3 is 2.56 bits per heavy atom. The van der Waals surface area contributed by atoms with Gasteiger partial charge in [0, 0.05) is 19.5 Å². The van der Waals surface area contributed by atoms with Crippen molar-refractivity contribution in [2.75, 3.05) is 20.1 Å². The van der Waals surface area contributed by atoms with Gasteiger partial charge in [0.2, 0.25) is 0 Å². The van der Waals surface area contributed by atoms with Crippen LogP contribution < -0.4 is 0 Å². The molecule has 0 radical (unpaired) electrons. The summed E-state index contributed by atoms with van der Waals surface area (Å²) in [5.74, 6) is -0.466. The van der Waals surface area contributed by atoms with E-state index in [0.717, 1.165) is 12.7 Å². The Labute approximate surface area is 108 Å². The topological polar surface area (TPSA) is 33.2 Å². The molecule has 0 bridgehead atoms. The summed E-state index contributed by atoms with van der Waals surface area (Å²) < 4.78 is 12.7. The molecule has 0 N–H and O–H groups in total. The van der Waals surface area contributed by atoms with E-state index in [1.807, 2.05) is 7.05 Å². The highest BCUT2D eigenvalue weighted by molar-refractivity contribution is 5.94. The van der Waals surface area contributed by atoms with E-state index < -0.39 is 5.82 Å². The molecule has 1 rings (SSSR count). The lowest BCUT2D eigenvalue weighted by atomic mass is 9.96. The molecule has 0 aliphatic carbocycles. The van der Waals surface area contributed by atoms with E-state index in [9.17, 15) is 9.18 Å². The van der Waals surface area contributed by atoms with E-state index in [1.54, 1.807) is 0 Å². The molecule has 0 spiro atoms. The molecule has 0 aliphatic rings. The fourth-order valence-corrected chi connectivity index (χ4v) is 1.85. The highest BCUT2D eigenvalue weighted by atomic mass is 19.1. The van der Waals surface area contributed by atoms with Gasteiger partial charge in [-0.25, -0.2) is 4.39 Å². The maximum Gasteiger partial charge on any atom is 0.182 e. The summed E-state index contributed by atoms with van der Waals surface area (Å²) in [6.45, 7) is 8.10. The zero-order chi connectivity index (χ0) is 13.8. The molecule has 0 saturated heterocycles. The minimum atomic E-state index is -0.420. The molecule has 4 heteroatoms. The number of carbonyl (C=O) groups excluding carboxylic acids is 1. The van der Waals surface area contributed by atoms with E-state index >= 15 is 0 Å². The SMILES string of the molecule is CN(CCC(=O)c1ccc(F)cn1)CC(C)(C)C. The number of aromatic nitrogens is 1. The predicted octanol–water partition coefficient (Wildman–Crippen LogP) is 2.77. The Morgan fingerprint density at radius 1 is 1.39 bits per heavy atom. The van der Waals surface area contributed by atoms with Crippen LogP contribution in [0.25, 0.3) is 0 Å². The molecule has 100 valence electrons. The van der Waals surface area contributed by atoms with Gasteiger partial charge in [-0.2, -0.15) is 0 Å². The van der Waals surface area contributed by atoms with Gasteiger partial charge in [0.15, 0.2) is 5.78 Å². The van der Waals surface area contributed by atoms with Gasteiger partial charge in [-0.15, -0.1) is 0 Å². The monoisotopic (exact) mass is 252 g/mol. The van der Waals surface area contributed by atoms with Crippen molar-refractivity contribution < 1.29 is 9.18 Å². The van der Waals surface area contributed by atoms with Gasteiger partial charge < -0.3 is 4.90 Å². The lowest BCUT2D eigenvalue weighted by Gasteiger charge is -2.26. The van der Waals surface area contributed by atoms with Gasteiger partial charge in [-0.1, -0.05) is 20.8 Å². The molecule has 3 nitrogen and oxygen atoms in total. The van der Waals surface area contributed by atoms with Crippen molar-refractivity contribution in [3.05, 3.63) is 29.8 Å². The third-order valence-electron chi connectivity index (χ3n) is 2.48. The van der Waals surface area contributed by atoms with Gasteiger partial charge in [0.25, 0.3) is 0 Å². The van der Waals surface area contributed by atoms with Crippen molar-refractivity contribution in [1.29, 1.82) is 0 Å². The summed E-state index contributed by atoms with van der Waals surface area (Å²) in [5.41, 5.74) is 0.548. The number of hydrogen-bond donors (Lipinski definition) is 0. The molecule has 0 unspecified atom stereocenters. The largest absolute Gasteiger partial charge is 0.305 e. The highest BCUT2D eigenvalue weighted by Crippen LogP contribution is 2.14. The summed E-state index contributed by atoms with van der Waals surface area (Å²) in [6.07, 6.45) is 1.48. The number of ketones is 1. The second kappa shape index (κ2) is 6.05. The quantitative estimate of drug-likeness (QED) is 0.755. The van der Waals surface area contributed by atoms with Crippen LogP contribution in [-0.4, -0.2) is 35.8 Å². The maximum absolute atomic E-state index is 12.7. The van der Waals surface area contributed by atoms with Crippen molar-refractivity contribution in [1.82, 2.24) is 9.88 Å². The highest BCUT2D eigenvalue weighted by Gasteiger charge is 2.15. The van der Waals surface area contributed by atoms with Gasteiger partial charge in [-0.05, 0) is 24.6 Å². The second-order valence-electron chi connectivity index (χ2n) is 5.83. The molecule has 1 heterocycles. The molecular formula is C14H21FN2O. The van der Waals surface area contributed by atoms with Crippen LogP contribution in [0, 0.1) is 11.2 Å². The molecule has 1 aromatic rings. The average Bonchev–Trinajstić information content (AvgIpc) is 2.24. The van der Waals surface area contributed by atoms with Crippen molar-refractivity contribution in [3.63, 3.8) is 0 Å². The van der Waals surface area contributed by atoms with Crippen LogP contribution in [-0.2, 0) is 0 Å². The van der Waals surface area contributed by atoms with Crippen molar-refractivity contribution in [3.8, 4) is 0 Å². The fourth-order valence-electron chi connectivity index (χ4n) is 1.85. The van der Waals surface area contributed by atoms with E-state index in [4.69, 9.17) is 0 Å². The minimum Gasteiger partial charge on any atom is -0.305 e. The lowest BCUT2D eigenvalue weighted by molar-refractivity contribution is 0.0956. The Kier molecular flexibility index (Phi) is 4.96. The van der Waals surface area contributed by atoms with Crippen molar-refractivity contribution in [2.45, 2.75) is 27.2 Å². The summed E-state index contributed by atoms with van der Waals surface area (Å²) in [6, 6.07) is 2.69. The normalized spacial score (nSPS) is 11.9. The van der Waals surface area contributed by atoms with Crippen molar-refractivity contribution >= 4 is 5.78 Å². The van der Waals surface area contributed by atoms with Crippen molar-refractivity contribution in [2.24, 2.45) is 5.41 Å². The molecular weight excluding hydrogens is 231 g/mol. The summed E-state index contributed by atoms with van der Waals surface area (Å²) in [7, 11) is 2.00. The maximum atomic E-state index is 12.7. The van der Waals surface area contributed by atoms with Gasteiger partial charge >= 0.3 is 0 Å². The smallest absolute Gasteiger partial charge is 0.182 e. The first kappa shape index (κ1) is 14.8. The Morgan fingerprint density at radius 2 is 2.06 bits per heavy atom. The Balaban J connectivity index is 2.44. The first-order valence-electron chi connectivity index (χ1n) is 6.11. The van der Waals surface area contributed by atoms with E-state index in [0.29, 0.717) is 18.7 Å². The molecule has 0 saturated carbocycles. The lowest BCUT2D eigenvalue weighted by Crippen LogP contribution is -2.31. The van der Waals surface area contributed by atoms with Gasteiger partial charge in [0.1, 0.15) is 11.5 Å². The fraction of sp³-hybridized carbons (Fsp3) is 0.571. The number of Topliss-reactive ketones (excluding diaryl/α,β-unsaturated/α-hetero) is 1. The predicted molar refractivity (Wildman–Crippen MR) is 70.1 cm³/mol. The van der Waals surface area contributed by atoms with Crippen LogP contribution in [0.5, 0.6) is 0 Å². The first-order valence-corrected chi connectivity index (χ1v) is 6.11. The van der Waals surface area contributed by atoms with E-state index in [1.165, 1.54) is 12.1 Å². The third-order valence-corrected chi connectivity index (χ3v) is 2.48. The standard InChI is InChI=1S/C14H21FN2O/c1-14(2,3)10-17(4)8-7-13(18)12-6-5-11(15)9-16-12/h5-6,9H,7-8,10H2,1-4H3. The Bertz CT molecular complexity index is 395. The zero-order valence-electron chi connectivity index (χ0n) is 11.5. The van der Waals surface area contributed by atoms with Crippen LogP contribution in [0.2, 0.25) is 0 Å². The molecule has 18 heavy (non-hydrogen) atoms. The van der Waals surface area contributed by atoms with Crippen LogP contribution >= 0.6 is 0 Å². The molecule has 0 atom stereocenters. The molecule has 0 fully saturated rings. The summed E-state index contributed by atoms with van der Waals surface area (Å²) >= 11 is 0. The molecule has 0 aliphatic heterocycles. The van der Waals surface area contributed by atoms with Crippen LogP contribution in [0.4, 0.5) is 4.39 Å². The number of rotatable bonds is 5. The molecule has 1 aromatic heterocycles. The number of pyridine rings is 1. The number of halogens is 1.